The van der Waals surface area contributed by atoms with Crippen molar-refractivity contribution in [3.05, 3.63) is 71.3 Å². The number of nitrogens with zero attached hydrogens (tertiary/aromatic N) is 6. The third-order valence-corrected chi connectivity index (χ3v) is 7.88. The molecular weight excluding hydrogens is 482 g/mol. The van der Waals surface area contributed by atoms with Crippen molar-refractivity contribution in [2.45, 2.75) is 49.9 Å². The van der Waals surface area contributed by atoms with Gasteiger partial charge in [-0.2, -0.15) is 8.78 Å². The third kappa shape index (κ3) is 3.19. The van der Waals surface area contributed by atoms with Crippen LogP contribution < -0.4 is 4.74 Å². The number of hydrogen-bond acceptors (Lipinski definition) is 7. The summed E-state index contributed by atoms with van der Waals surface area (Å²) in [7, 11) is 1.70. The Kier molecular flexibility index (Phi) is 4.66. The van der Waals surface area contributed by atoms with Gasteiger partial charge in [0.25, 0.3) is 5.91 Å². The van der Waals surface area contributed by atoms with E-state index in [1.807, 2.05) is 10.6 Å². The lowest BCUT2D eigenvalue weighted by molar-refractivity contribution is -0.0506. The Morgan fingerprint density at radius 1 is 1.14 bits per heavy atom. The van der Waals surface area contributed by atoms with E-state index in [4.69, 9.17) is 9.72 Å². The maximum atomic E-state index is 13.3. The second-order valence-electron chi connectivity index (χ2n) is 9.89. The van der Waals surface area contributed by atoms with Gasteiger partial charge in [0.1, 0.15) is 11.4 Å². The molecule has 1 amide bonds. The minimum absolute atomic E-state index is 0.00951. The van der Waals surface area contributed by atoms with E-state index in [1.165, 1.54) is 6.07 Å². The molecule has 2 unspecified atom stereocenters. The van der Waals surface area contributed by atoms with Crippen LogP contribution in [0.5, 0.6) is 5.75 Å². The molecule has 188 valence electrons. The summed E-state index contributed by atoms with van der Waals surface area (Å²) in [5, 5.41) is 10.5. The van der Waals surface area contributed by atoms with Crippen molar-refractivity contribution >= 4 is 11.7 Å². The summed E-state index contributed by atoms with van der Waals surface area (Å²) < 4.78 is 33.3. The number of imidazole rings is 1. The van der Waals surface area contributed by atoms with Crippen molar-refractivity contribution < 1.29 is 23.4 Å². The smallest absolute Gasteiger partial charge is 0.387 e. The fourth-order valence-electron chi connectivity index (χ4n) is 5.82. The van der Waals surface area contributed by atoms with E-state index in [9.17, 15) is 18.7 Å². The average Bonchev–Trinajstić information content (AvgIpc) is 3.40. The Morgan fingerprint density at radius 2 is 1.89 bits per heavy atom. The highest BCUT2D eigenvalue weighted by Gasteiger charge is 2.46. The quantitative estimate of drug-likeness (QED) is 0.450. The summed E-state index contributed by atoms with van der Waals surface area (Å²) in [6.45, 7) is -3.02. The maximum absolute atomic E-state index is 13.3. The summed E-state index contributed by atoms with van der Waals surface area (Å²) in [5.41, 5.74) is 2.78. The van der Waals surface area contributed by atoms with Gasteiger partial charge in [0.15, 0.2) is 5.82 Å². The highest BCUT2D eigenvalue weighted by Crippen LogP contribution is 2.52. The van der Waals surface area contributed by atoms with E-state index in [0.29, 0.717) is 47.7 Å². The molecule has 1 N–H and O–H groups in total. The highest BCUT2D eigenvalue weighted by atomic mass is 19.3. The topological polar surface area (TPSA) is 106 Å². The zero-order chi connectivity index (χ0) is 25.5. The molecule has 2 atom stereocenters. The number of hydrogen-bond donors (Lipinski definition) is 1. The first-order valence-corrected chi connectivity index (χ1v) is 12.1. The minimum atomic E-state index is -3.02. The van der Waals surface area contributed by atoms with Crippen molar-refractivity contribution in [1.29, 1.82) is 0 Å². The Morgan fingerprint density at radius 3 is 2.59 bits per heavy atom. The van der Waals surface area contributed by atoms with Crippen molar-refractivity contribution in [2.24, 2.45) is 0 Å². The van der Waals surface area contributed by atoms with Gasteiger partial charge in [0, 0.05) is 60.0 Å². The number of rotatable bonds is 4. The summed E-state index contributed by atoms with van der Waals surface area (Å²) in [6, 6.07) is 4.35. The van der Waals surface area contributed by atoms with Crippen molar-refractivity contribution in [1.82, 2.24) is 29.2 Å². The van der Waals surface area contributed by atoms with Crippen LogP contribution in [0, 0.1) is 0 Å². The lowest BCUT2D eigenvalue weighted by Gasteiger charge is -2.34. The molecule has 37 heavy (non-hydrogen) atoms. The van der Waals surface area contributed by atoms with Crippen LogP contribution in [-0.4, -0.2) is 53.9 Å². The molecule has 0 radical (unpaired) electrons. The number of aromatic nitrogens is 5. The maximum Gasteiger partial charge on any atom is 0.387 e. The molecule has 1 aromatic carbocycles. The van der Waals surface area contributed by atoms with Crippen molar-refractivity contribution in [2.75, 3.05) is 7.05 Å². The predicted octanol–water partition coefficient (Wildman–Crippen LogP) is 3.82. The second kappa shape index (κ2) is 7.75. The monoisotopic (exact) mass is 504 g/mol. The first-order chi connectivity index (χ1) is 17.8. The fraction of sp³-hybridized carbons (Fsp3) is 0.346. The minimum Gasteiger partial charge on any atom is -0.434 e. The third-order valence-electron chi connectivity index (χ3n) is 7.88. The Labute approximate surface area is 209 Å². The first-order valence-electron chi connectivity index (χ1n) is 12.1. The zero-order valence-electron chi connectivity index (χ0n) is 19.8. The number of fused-ring (bicyclic) bond motifs is 9. The molecule has 1 aliphatic heterocycles. The molecule has 9 nitrogen and oxygen atoms in total. The number of aliphatic hydroxyl groups is 1. The number of halogens is 2. The fourth-order valence-corrected chi connectivity index (χ4v) is 5.82. The van der Waals surface area contributed by atoms with E-state index in [0.717, 1.165) is 23.2 Å². The molecule has 0 saturated heterocycles. The molecule has 0 spiro atoms. The van der Waals surface area contributed by atoms with Crippen LogP contribution in [0.3, 0.4) is 0 Å². The van der Waals surface area contributed by atoms with Crippen molar-refractivity contribution in [3.63, 3.8) is 0 Å². The predicted molar refractivity (Wildman–Crippen MR) is 126 cm³/mol. The SMILES string of the molecule is CN1C(=O)c2cccc(OC(F)F)c2C2CC1c1nc3ncc(-c4cnc(C5(O)CCC5)nc4)cn3c12. The normalized spacial score (nSPS) is 21.5. The summed E-state index contributed by atoms with van der Waals surface area (Å²) >= 11 is 0. The molecule has 7 rings (SSSR count). The second-order valence-corrected chi connectivity index (χ2v) is 9.89. The number of benzene rings is 1. The van der Waals surface area contributed by atoms with Crippen LogP contribution in [0.15, 0.2) is 43.0 Å². The largest absolute Gasteiger partial charge is 0.434 e. The van der Waals surface area contributed by atoms with Crippen LogP contribution in [-0.2, 0) is 5.60 Å². The van der Waals surface area contributed by atoms with E-state index < -0.39 is 18.1 Å². The number of ether oxygens (including phenoxy) is 1. The van der Waals surface area contributed by atoms with Gasteiger partial charge in [-0.05, 0) is 37.8 Å². The molecule has 4 heterocycles. The molecule has 4 aromatic rings. The van der Waals surface area contributed by atoms with Gasteiger partial charge in [-0.1, -0.05) is 6.07 Å². The van der Waals surface area contributed by atoms with Gasteiger partial charge in [-0.3, -0.25) is 9.20 Å². The Hall–Kier alpha value is -3.99. The van der Waals surface area contributed by atoms with Gasteiger partial charge >= 0.3 is 6.61 Å². The molecule has 3 aliphatic rings. The van der Waals surface area contributed by atoms with Gasteiger partial charge in [0.2, 0.25) is 5.78 Å². The summed E-state index contributed by atoms with van der Waals surface area (Å²) in [6.07, 6.45) is 9.63. The van der Waals surface area contributed by atoms with Crippen LogP contribution in [0.25, 0.3) is 16.9 Å². The molecule has 2 bridgehead atoms. The van der Waals surface area contributed by atoms with E-state index in [-0.39, 0.29) is 17.7 Å². The lowest BCUT2D eigenvalue weighted by atomic mass is 9.79. The van der Waals surface area contributed by atoms with E-state index in [2.05, 4.69) is 15.0 Å². The van der Waals surface area contributed by atoms with Gasteiger partial charge in [-0.15, -0.1) is 0 Å². The van der Waals surface area contributed by atoms with Crippen LogP contribution >= 0.6 is 0 Å². The highest BCUT2D eigenvalue weighted by molar-refractivity contribution is 5.98. The summed E-state index contributed by atoms with van der Waals surface area (Å²) in [4.78, 5) is 32.9. The van der Waals surface area contributed by atoms with Gasteiger partial charge in [-0.25, -0.2) is 19.9 Å². The number of alkyl halides is 2. The number of carbonyl (C=O) groups is 1. The van der Waals surface area contributed by atoms with E-state index >= 15 is 0 Å². The summed E-state index contributed by atoms with van der Waals surface area (Å²) in [5.74, 6) is 0.202. The molecule has 1 saturated carbocycles. The molecule has 11 heteroatoms. The number of carbonyl (C=O) groups excluding carboxylic acids is 1. The van der Waals surface area contributed by atoms with Crippen LogP contribution in [0.2, 0.25) is 0 Å². The zero-order valence-corrected chi connectivity index (χ0v) is 19.8. The van der Waals surface area contributed by atoms with Gasteiger partial charge < -0.3 is 14.7 Å². The molecule has 3 aromatic heterocycles. The Bertz CT molecular complexity index is 1570. The van der Waals surface area contributed by atoms with Gasteiger partial charge in [0.05, 0.1) is 17.4 Å². The number of amides is 1. The molecule has 1 fully saturated rings. The van der Waals surface area contributed by atoms with Crippen LogP contribution in [0.4, 0.5) is 8.78 Å². The average molecular weight is 504 g/mol. The molecule has 2 aliphatic carbocycles. The standard InChI is InChI=1S/C26H22F2N6O3/c1-33-17-8-16(19-15(22(33)35)4-2-5-18(19)37-24(27)28)21-20(17)32-25-31-11-14(12-34(21)25)13-9-29-23(30-10-13)26(36)6-3-7-26/h2,4-5,9-12,16-17,24,36H,3,6-8H2,1H3. The lowest BCUT2D eigenvalue weighted by Crippen LogP contribution is -2.35. The van der Waals surface area contributed by atoms with E-state index in [1.54, 1.807) is 42.7 Å². The van der Waals surface area contributed by atoms with Crippen LogP contribution in [0.1, 0.15) is 70.8 Å². The first kappa shape index (κ1) is 22.2. The Balaban J connectivity index is 1.37. The molecular formula is C26H22F2N6O3. The van der Waals surface area contributed by atoms with Crippen molar-refractivity contribution in [3.8, 4) is 16.9 Å².